The molecule has 11 heteroatoms. The summed E-state index contributed by atoms with van der Waals surface area (Å²) < 4.78 is 28.5. The Morgan fingerprint density at radius 1 is 1.16 bits per heavy atom. The molecule has 0 aliphatic carbocycles. The Morgan fingerprint density at radius 2 is 2.00 bits per heavy atom. The average Bonchev–Trinajstić information content (AvgIpc) is 3.30. The lowest BCUT2D eigenvalue weighted by Crippen LogP contribution is -2.41. The van der Waals surface area contributed by atoms with Gasteiger partial charge < -0.3 is 28.8 Å². The highest BCUT2D eigenvalue weighted by atomic mass is 35.5. The van der Waals surface area contributed by atoms with Crippen LogP contribution >= 0.6 is 11.6 Å². The van der Waals surface area contributed by atoms with Gasteiger partial charge in [-0.3, -0.25) is 4.79 Å². The van der Waals surface area contributed by atoms with Crippen LogP contribution in [-0.2, 0) is 27.1 Å². The van der Waals surface area contributed by atoms with E-state index >= 15 is 0 Å². The minimum Gasteiger partial charge on any atom is -0.493 e. The maximum absolute atomic E-state index is 11.4. The molecule has 4 rings (SSSR count). The molecule has 0 bridgehead atoms. The number of nitrogens with zero attached hydrogens (tertiary/aromatic N) is 2. The second-order valence-corrected chi connectivity index (χ2v) is 8.72. The molecule has 3 N–H and O–H groups in total. The van der Waals surface area contributed by atoms with Crippen molar-refractivity contribution in [3.8, 4) is 11.5 Å². The van der Waals surface area contributed by atoms with Crippen molar-refractivity contribution in [1.29, 1.82) is 0 Å². The quantitative estimate of drug-likeness (QED) is 0.240. The van der Waals surface area contributed by atoms with E-state index in [9.17, 15) is 4.79 Å². The fourth-order valence-corrected chi connectivity index (χ4v) is 4.38. The smallest absolute Gasteiger partial charge is 0.305 e. The molecular weight excluding hydrogens is 500 g/mol. The van der Waals surface area contributed by atoms with Crippen LogP contribution in [0.4, 0.5) is 5.69 Å². The van der Waals surface area contributed by atoms with Gasteiger partial charge in [0.05, 0.1) is 39.6 Å². The summed E-state index contributed by atoms with van der Waals surface area (Å²) in [5.74, 6) is 8.22. The number of hydrogen-bond acceptors (Lipinski definition) is 10. The van der Waals surface area contributed by atoms with E-state index in [1.807, 2.05) is 30.3 Å². The highest BCUT2D eigenvalue weighted by Crippen LogP contribution is 2.44. The Labute approximate surface area is 219 Å². The largest absolute Gasteiger partial charge is 0.493 e. The lowest BCUT2D eigenvalue weighted by Gasteiger charge is -2.25. The summed E-state index contributed by atoms with van der Waals surface area (Å²) in [6, 6.07) is 11.0. The molecule has 0 saturated heterocycles. The van der Waals surface area contributed by atoms with Crippen LogP contribution in [0.2, 0.25) is 5.02 Å². The summed E-state index contributed by atoms with van der Waals surface area (Å²) in [5, 5.41) is 0.536. The number of aromatic nitrogens is 1. The summed E-state index contributed by atoms with van der Waals surface area (Å²) in [5.41, 5.74) is 4.79. The maximum atomic E-state index is 11.4. The van der Waals surface area contributed by atoms with E-state index in [0.29, 0.717) is 59.0 Å². The normalized spacial score (nSPS) is 16.8. The zero-order valence-corrected chi connectivity index (χ0v) is 21.6. The van der Waals surface area contributed by atoms with Crippen molar-refractivity contribution in [2.75, 3.05) is 21.3 Å². The zero-order chi connectivity index (χ0) is 26.4. The number of hydrazine groups is 1. The van der Waals surface area contributed by atoms with Crippen molar-refractivity contribution < 1.29 is 28.2 Å². The molecule has 196 valence electrons. The predicted molar refractivity (Wildman–Crippen MR) is 137 cm³/mol. The van der Waals surface area contributed by atoms with E-state index in [1.54, 1.807) is 26.5 Å². The number of rotatable bonds is 9. The van der Waals surface area contributed by atoms with Gasteiger partial charge in [-0.2, -0.15) is 0 Å². The number of hydrogen-bond donors (Lipinski definition) is 2. The molecule has 0 spiro atoms. The Bertz CT molecular complexity index is 1280. The van der Waals surface area contributed by atoms with Gasteiger partial charge in [-0.15, -0.1) is 0 Å². The van der Waals surface area contributed by atoms with Crippen LogP contribution in [0, 0.1) is 0 Å². The first-order valence-corrected chi connectivity index (χ1v) is 12.1. The first kappa shape index (κ1) is 26.5. The van der Waals surface area contributed by atoms with Crippen molar-refractivity contribution in [2.45, 2.75) is 37.9 Å². The summed E-state index contributed by atoms with van der Waals surface area (Å²) in [7, 11) is 4.52. The van der Waals surface area contributed by atoms with Gasteiger partial charge in [-0.25, -0.2) is 15.8 Å². The van der Waals surface area contributed by atoms with E-state index in [2.05, 4.69) is 15.1 Å². The first-order chi connectivity index (χ1) is 18.0. The van der Waals surface area contributed by atoms with E-state index in [0.717, 1.165) is 11.1 Å². The molecule has 1 aromatic heterocycles. The molecule has 37 heavy (non-hydrogen) atoms. The summed E-state index contributed by atoms with van der Waals surface area (Å²) >= 11 is 6.37. The number of oxazole rings is 1. The van der Waals surface area contributed by atoms with Gasteiger partial charge in [0.15, 0.2) is 17.4 Å². The second kappa shape index (κ2) is 12.1. The molecule has 0 radical (unpaired) electrons. The average molecular weight is 529 g/mol. The predicted octanol–water partition coefficient (Wildman–Crippen LogP) is 4.07. The lowest BCUT2D eigenvalue weighted by molar-refractivity contribution is -0.140. The number of aliphatic imine (C=N–C) groups is 1. The van der Waals surface area contributed by atoms with Crippen LogP contribution in [0.15, 0.2) is 52.0 Å². The Balaban J connectivity index is 1.66. The van der Waals surface area contributed by atoms with Crippen molar-refractivity contribution >= 4 is 29.1 Å². The zero-order valence-electron chi connectivity index (χ0n) is 20.8. The van der Waals surface area contributed by atoms with E-state index < -0.39 is 12.2 Å². The van der Waals surface area contributed by atoms with Gasteiger partial charge in [0.25, 0.3) is 0 Å². The third-order valence-electron chi connectivity index (χ3n) is 5.98. The third kappa shape index (κ3) is 6.04. The second-order valence-electron chi connectivity index (χ2n) is 8.29. The highest BCUT2D eigenvalue weighted by molar-refractivity contribution is 6.30. The molecule has 1 aliphatic rings. The van der Waals surface area contributed by atoms with Gasteiger partial charge in [0, 0.05) is 29.0 Å². The van der Waals surface area contributed by atoms with Gasteiger partial charge in [0.1, 0.15) is 23.8 Å². The van der Waals surface area contributed by atoms with E-state index in [1.165, 1.54) is 7.11 Å². The van der Waals surface area contributed by atoms with E-state index in [4.69, 9.17) is 41.1 Å². The number of amidine groups is 1. The maximum Gasteiger partial charge on any atom is 0.305 e. The van der Waals surface area contributed by atoms with Gasteiger partial charge in [-0.05, 0) is 30.7 Å². The van der Waals surface area contributed by atoms with Crippen LogP contribution in [0.5, 0.6) is 11.5 Å². The van der Waals surface area contributed by atoms with Crippen molar-refractivity contribution in [2.24, 2.45) is 10.8 Å². The summed E-state index contributed by atoms with van der Waals surface area (Å²) in [6.45, 7) is 0. The van der Waals surface area contributed by atoms with Crippen LogP contribution in [0.1, 0.15) is 41.7 Å². The van der Waals surface area contributed by atoms with Gasteiger partial charge >= 0.3 is 5.97 Å². The lowest BCUT2D eigenvalue weighted by atomic mass is 9.98. The molecule has 1 aliphatic heterocycles. The number of carbonyl (C=O) groups excluding carboxylic acids is 1. The highest BCUT2D eigenvalue weighted by Gasteiger charge is 2.33. The van der Waals surface area contributed by atoms with Crippen molar-refractivity contribution in [3.05, 3.63) is 70.4 Å². The molecule has 0 unspecified atom stereocenters. The molecular formula is C26H29ClN4O6. The molecule has 3 aromatic rings. The van der Waals surface area contributed by atoms with Crippen LogP contribution in [0.25, 0.3) is 0 Å². The molecule has 2 atom stereocenters. The monoisotopic (exact) mass is 528 g/mol. The SMILES string of the molecule is COC(=O)CCCc1cnc(C[C@@H]2O[C@@H](c3cccc(OC)c3OC)c3cc(Cl)ccc3N=C2NN)o1. The molecule has 2 aromatic carbocycles. The van der Waals surface area contributed by atoms with Crippen molar-refractivity contribution in [3.63, 3.8) is 0 Å². The third-order valence-corrected chi connectivity index (χ3v) is 6.21. The Kier molecular flexibility index (Phi) is 8.65. The molecule has 0 amide bonds. The number of aryl methyl sites for hydroxylation is 1. The minimum atomic E-state index is -0.640. The number of nitrogens with one attached hydrogen (secondary N) is 1. The van der Waals surface area contributed by atoms with Crippen LogP contribution in [-0.4, -0.2) is 44.2 Å². The topological polar surface area (TPSA) is 130 Å². The fraction of sp³-hybridized carbons (Fsp3) is 0.346. The van der Waals surface area contributed by atoms with Crippen LogP contribution < -0.4 is 20.7 Å². The number of para-hydroxylation sites is 1. The number of methoxy groups -OCH3 is 3. The van der Waals surface area contributed by atoms with Gasteiger partial charge in [-0.1, -0.05) is 23.7 Å². The van der Waals surface area contributed by atoms with Crippen molar-refractivity contribution in [1.82, 2.24) is 10.4 Å². The number of esters is 1. The molecule has 2 heterocycles. The fourth-order valence-electron chi connectivity index (χ4n) is 4.20. The van der Waals surface area contributed by atoms with Gasteiger partial charge in [0.2, 0.25) is 0 Å². The number of ether oxygens (including phenoxy) is 4. The summed E-state index contributed by atoms with van der Waals surface area (Å²) in [6.07, 6.45) is 2.09. The van der Waals surface area contributed by atoms with E-state index in [-0.39, 0.29) is 12.4 Å². The van der Waals surface area contributed by atoms with Crippen LogP contribution in [0.3, 0.4) is 0 Å². The number of halogens is 1. The number of carbonyl (C=O) groups is 1. The number of nitrogens with two attached hydrogens (primary N) is 1. The minimum absolute atomic E-state index is 0.255. The Hall–Kier alpha value is -3.60. The molecule has 0 saturated carbocycles. The summed E-state index contributed by atoms with van der Waals surface area (Å²) in [4.78, 5) is 20.5. The standard InChI is InChI=1S/C26H29ClN4O6/c1-33-20-8-5-7-17(25(20)35-3)24-18-12-15(27)10-11-19(18)30-26(31-28)21(37-24)13-22-29-14-16(36-22)6-4-9-23(32)34-2/h5,7-8,10-12,14,21,24H,4,6,9,13,28H2,1-3H3,(H,30,31)/t21-,24-/m0/s1. The number of benzene rings is 2. The number of fused-ring (bicyclic) bond motifs is 1. The molecule has 10 nitrogen and oxygen atoms in total. The molecule has 0 fully saturated rings. The first-order valence-electron chi connectivity index (χ1n) is 11.7. The Morgan fingerprint density at radius 3 is 2.73 bits per heavy atom.